The lowest BCUT2D eigenvalue weighted by Crippen LogP contribution is -1.92. The normalized spacial score (nSPS) is 8.31. The Balaban J connectivity index is 0.000000671. The molecule has 0 fully saturated rings. The van der Waals surface area contributed by atoms with Crippen molar-refractivity contribution in [2.75, 3.05) is 0 Å². The molecule has 0 aromatic heterocycles. The van der Waals surface area contributed by atoms with E-state index in [2.05, 4.69) is 0 Å². The third kappa shape index (κ3) is 2.51. The molecule has 1 aromatic rings. The molecule has 1 rings (SSSR count). The van der Waals surface area contributed by atoms with Gasteiger partial charge in [-0.2, -0.15) is 5.26 Å². The van der Waals surface area contributed by atoms with Crippen molar-refractivity contribution < 1.29 is 8.78 Å². The van der Waals surface area contributed by atoms with Crippen LogP contribution < -0.4 is 0 Å². The molecule has 0 N–H and O–H groups in total. The number of halogens is 2. The fraction of sp³-hybridized carbons (Fsp3) is 0.300. The van der Waals surface area contributed by atoms with E-state index in [4.69, 9.17) is 5.26 Å². The van der Waals surface area contributed by atoms with Gasteiger partial charge in [0.15, 0.2) is 11.6 Å². The van der Waals surface area contributed by atoms with Crippen LogP contribution in [0.2, 0.25) is 0 Å². The second-order valence-corrected chi connectivity index (χ2v) is 2.17. The summed E-state index contributed by atoms with van der Waals surface area (Å²) >= 11 is 0. The summed E-state index contributed by atoms with van der Waals surface area (Å²) in [6.45, 7) is 5.44. The third-order valence-corrected chi connectivity index (χ3v) is 1.40. The van der Waals surface area contributed by atoms with E-state index >= 15 is 0 Å². The Bertz CT molecular complexity index is 326. The molecule has 0 radical (unpaired) electrons. The highest BCUT2D eigenvalue weighted by molar-refractivity contribution is 5.33. The number of rotatable bonds is 0. The van der Waals surface area contributed by atoms with Gasteiger partial charge in [-0.1, -0.05) is 19.9 Å². The zero-order valence-corrected chi connectivity index (χ0v) is 7.86. The summed E-state index contributed by atoms with van der Waals surface area (Å²) in [5.74, 6) is -2.00. The quantitative estimate of drug-likeness (QED) is 0.606. The van der Waals surface area contributed by atoms with Crippen molar-refractivity contribution in [3.8, 4) is 6.07 Å². The molecule has 3 heteroatoms. The maximum atomic E-state index is 12.7. The van der Waals surface area contributed by atoms with E-state index < -0.39 is 11.6 Å². The molecule has 0 aliphatic rings. The Morgan fingerprint density at radius 1 is 1.15 bits per heavy atom. The molecule has 70 valence electrons. The SMILES string of the molecule is CC.Cc1ccc(C#N)c(F)c1F. The maximum Gasteiger partial charge on any atom is 0.176 e. The van der Waals surface area contributed by atoms with Crippen LogP contribution in [0.25, 0.3) is 0 Å². The van der Waals surface area contributed by atoms with Crippen LogP contribution in [0.3, 0.4) is 0 Å². The van der Waals surface area contributed by atoms with Crippen molar-refractivity contribution in [1.82, 2.24) is 0 Å². The van der Waals surface area contributed by atoms with Gasteiger partial charge in [-0.05, 0) is 18.6 Å². The highest BCUT2D eigenvalue weighted by Gasteiger charge is 2.09. The molecule has 0 spiro atoms. The summed E-state index contributed by atoms with van der Waals surface area (Å²) in [5.41, 5.74) is -0.0467. The van der Waals surface area contributed by atoms with Gasteiger partial charge < -0.3 is 0 Å². The van der Waals surface area contributed by atoms with Crippen molar-refractivity contribution in [3.05, 3.63) is 34.9 Å². The average molecular weight is 183 g/mol. The first-order valence-electron chi connectivity index (χ1n) is 4.01. The standard InChI is InChI=1S/C8H5F2N.C2H6/c1-5-2-3-6(4-11)8(10)7(5)9;1-2/h2-3H,1H3;1-2H3. The van der Waals surface area contributed by atoms with Crippen molar-refractivity contribution in [3.63, 3.8) is 0 Å². The molecule has 0 aliphatic carbocycles. The Morgan fingerprint density at radius 3 is 2.15 bits per heavy atom. The van der Waals surface area contributed by atoms with Crippen LogP contribution in [0, 0.1) is 29.9 Å². The predicted octanol–water partition coefficient (Wildman–Crippen LogP) is 3.17. The minimum Gasteiger partial charge on any atom is -0.203 e. The van der Waals surface area contributed by atoms with E-state index in [1.807, 2.05) is 13.8 Å². The van der Waals surface area contributed by atoms with Crippen molar-refractivity contribution in [2.24, 2.45) is 0 Å². The topological polar surface area (TPSA) is 23.8 Å². The minimum atomic E-state index is -1.06. The van der Waals surface area contributed by atoms with Gasteiger partial charge in [0, 0.05) is 0 Å². The Morgan fingerprint density at radius 2 is 1.69 bits per heavy atom. The summed E-state index contributed by atoms with van der Waals surface area (Å²) < 4.78 is 25.3. The zero-order chi connectivity index (χ0) is 10.4. The second kappa shape index (κ2) is 5.26. The van der Waals surface area contributed by atoms with Crippen LogP contribution in [0.1, 0.15) is 25.0 Å². The van der Waals surface area contributed by atoms with Gasteiger partial charge in [0.05, 0.1) is 5.56 Å². The number of hydrogen-bond acceptors (Lipinski definition) is 1. The van der Waals surface area contributed by atoms with Crippen LogP contribution in [-0.2, 0) is 0 Å². The first kappa shape index (κ1) is 11.6. The highest BCUT2D eigenvalue weighted by atomic mass is 19.2. The summed E-state index contributed by atoms with van der Waals surface area (Å²) in [5, 5.41) is 8.28. The fourth-order valence-corrected chi connectivity index (χ4v) is 0.732. The van der Waals surface area contributed by atoms with Gasteiger partial charge in [-0.15, -0.1) is 0 Å². The average Bonchev–Trinajstić information content (AvgIpc) is 2.18. The summed E-state index contributed by atoms with van der Waals surface area (Å²) in [7, 11) is 0. The highest BCUT2D eigenvalue weighted by Crippen LogP contribution is 2.14. The molecule has 0 bridgehead atoms. The largest absolute Gasteiger partial charge is 0.203 e. The molecule has 0 heterocycles. The van der Waals surface area contributed by atoms with Crippen LogP contribution in [-0.4, -0.2) is 0 Å². The lowest BCUT2D eigenvalue weighted by atomic mass is 10.1. The van der Waals surface area contributed by atoms with E-state index in [0.717, 1.165) is 0 Å². The van der Waals surface area contributed by atoms with Crippen molar-refractivity contribution in [2.45, 2.75) is 20.8 Å². The van der Waals surface area contributed by atoms with Crippen LogP contribution in [0.5, 0.6) is 0 Å². The number of benzene rings is 1. The van der Waals surface area contributed by atoms with Gasteiger partial charge in [0.25, 0.3) is 0 Å². The van der Waals surface area contributed by atoms with Crippen molar-refractivity contribution >= 4 is 0 Å². The molecule has 13 heavy (non-hydrogen) atoms. The Labute approximate surface area is 76.6 Å². The minimum absolute atomic E-state index is 0.210. The van der Waals surface area contributed by atoms with Crippen LogP contribution >= 0.6 is 0 Å². The van der Waals surface area contributed by atoms with E-state index in [9.17, 15) is 8.78 Å². The van der Waals surface area contributed by atoms with Gasteiger partial charge >= 0.3 is 0 Å². The molecule has 0 amide bonds. The number of nitriles is 1. The fourth-order valence-electron chi connectivity index (χ4n) is 0.732. The molecule has 0 atom stereocenters. The zero-order valence-electron chi connectivity index (χ0n) is 7.86. The molecule has 1 aromatic carbocycles. The molecule has 0 saturated heterocycles. The van der Waals surface area contributed by atoms with Gasteiger partial charge in [0.2, 0.25) is 0 Å². The van der Waals surface area contributed by atoms with E-state index in [1.54, 1.807) is 6.07 Å². The first-order valence-corrected chi connectivity index (χ1v) is 4.01. The summed E-state index contributed by atoms with van der Waals surface area (Å²) in [4.78, 5) is 0. The van der Waals surface area contributed by atoms with Crippen LogP contribution in [0.4, 0.5) is 8.78 Å². The monoisotopic (exact) mass is 183 g/mol. The molecular formula is C10H11F2N. The molecule has 1 nitrogen and oxygen atoms in total. The first-order chi connectivity index (χ1) is 6.16. The number of nitrogens with zero attached hydrogens (tertiary/aromatic N) is 1. The lowest BCUT2D eigenvalue weighted by Gasteiger charge is -1.97. The Hall–Kier alpha value is -1.43. The predicted molar refractivity (Wildman–Crippen MR) is 47.2 cm³/mol. The Kier molecular flexibility index (Phi) is 4.68. The van der Waals surface area contributed by atoms with Gasteiger partial charge in [-0.25, -0.2) is 8.78 Å². The van der Waals surface area contributed by atoms with E-state index in [-0.39, 0.29) is 11.1 Å². The lowest BCUT2D eigenvalue weighted by molar-refractivity contribution is 0.501. The van der Waals surface area contributed by atoms with Crippen LogP contribution in [0.15, 0.2) is 12.1 Å². The molecule has 0 saturated carbocycles. The summed E-state index contributed by atoms with van der Waals surface area (Å²) in [6, 6.07) is 4.18. The third-order valence-electron chi connectivity index (χ3n) is 1.40. The van der Waals surface area contributed by atoms with Gasteiger partial charge in [-0.3, -0.25) is 0 Å². The summed E-state index contributed by atoms with van der Waals surface area (Å²) in [6.07, 6.45) is 0. The smallest absolute Gasteiger partial charge is 0.176 e. The second-order valence-electron chi connectivity index (χ2n) is 2.17. The molecule has 0 unspecified atom stereocenters. The number of hydrogen-bond donors (Lipinski definition) is 0. The number of aryl methyl sites for hydroxylation is 1. The van der Waals surface area contributed by atoms with E-state index in [1.165, 1.54) is 19.1 Å². The van der Waals surface area contributed by atoms with Crippen molar-refractivity contribution in [1.29, 1.82) is 5.26 Å². The maximum absolute atomic E-state index is 12.7. The molecule has 0 aliphatic heterocycles. The van der Waals surface area contributed by atoms with E-state index in [0.29, 0.717) is 0 Å². The molecular weight excluding hydrogens is 172 g/mol. The van der Waals surface area contributed by atoms with Gasteiger partial charge in [0.1, 0.15) is 6.07 Å².